The van der Waals surface area contributed by atoms with E-state index < -0.39 is 0 Å². The zero-order valence-electron chi connectivity index (χ0n) is 15.5. The maximum absolute atomic E-state index is 12.4. The quantitative estimate of drug-likeness (QED) is 0.451. The van der Waals surface area contributed by atoms with Gasteiger partial charge in [0.25, 0.3) is 5.91 Å². The molecule has 3 N–H and O–H groups in total. The van der Waals surface area contributed by atoms with Crippen molar-refractivity contribution >= 4 is 11.6 Å². The molecule has 0 aliphatic rings. The Balaban J connectivity index is 1.35. The van der Waals surface area contributed by atoms with Crippen molar-refractivity contribution in [3.05, 3.63) is 90.3 Å². The molecule has 0 unspecified atom stereocenters. The average molecular weight is 385 g/mol. The van der Waals surface area contributed by atoms with Gasteiger partial charge in [-0.3, -0.25) is 19.9 Å². The number of carbonyl (C=O) groups is 1. The first kappa shape index (κ1) is 18.3. The molecule has 0 aliphatic heterocycles. The number of rotatable bonds is 7. The maximum Gasteiger partial charge on any atom is 0.251 e. The minimum absolute atomic E-state index is 0.154. The second-order valence-electron chi connectivity index (χ2n) is 6.28. The van der Waals surface area contributed by atoms with Crippen LogP contribution in [0.15, 0.2) is 73.2 Å². The normalized spacial score (nSPS) is 10.5. The Morgan fingerprint density at radius 3 is 2.69 bits per heavy atom. The molecule has 0 atom stereocenters. The van der Waals surface area contributed by atoms with Crippen LogP contribution in [0.3, 0.4) is 0 Å². The molecule has 3 aromatic heterocycles. The molecule has 4 rings (SSSR count). The minimum Gasteiger partial charge on any atom is -0.378 e. The zero-order chi connectivity index (χ0) is 19.9. The zero-order valence-corrected chi connectivity index (χ0v) is 15.5. The van der Waals surface area contributed by atoms with E-state index in [1.807, 2.05) is 42.5 Å². The monoisotopic (exact) mass is 385 g/mol. The Labute approximate surface area is 167 Å². The fraction of sp³-hybridized carbons (Fsp3) is 0.0952. The van der Waals surface area contributed by atoms with Crippen LogP contribution in [0.5, 0.6) is 0 Å². The second-order valence-corrected chi connectivity index (χ2v) is 6.28. The molecule has 144 valence electrons. The summed E-state index contributed by atoms with van der Waals surface area (Å²) in [6.07, 6.45) is 5.11. The van der Waals surface area contributed by atoms with Crippen molar-refractivity contribution < 1.29 is 4.79 Å². The van der Waals surface area contributed by atoms with E-state index in [9.17, 15) is 4.79 Å². The molecule has 0 fully saturated rings. The van der Waals surface area contributed by atoms with Crippen molar-refractivity contribution in [3.63, 3.8) is 0 Å². The smallest absolute Gasteiger partial charge is 0.251 e. The first-order chi connectivity index (χ1) is 14.3. The molecule has 0 bridgehead atoms. The summed E-state index contributed by atoms with van der Waals surface area (Å²) in [5.74, 6) is 1.16. The standard InChI is InChI=1S/C21H19N7O/c29-21(25-13-18-5-1-2-9-23-18)16-4-3-6-17(12-16)24-14-19-26-20(28-27-19)15-7-10-22-11-8-15/h1-12,24H,13-14H2,(H,25,29)(H,26,27,28). The number of aromatic nitrogens is 5. The highest BCUT2D eigenvalue weighted by Gasteiger charge is 2.08. The summed E-state index contributed by atoms with van der Waals surface area (Å²) < 4.78 is 0. The lowest BCUT2D eigenvalue weighted by molar-refractivity contribution is 0.0950. The summed E-state index contributed by atoms with van der Waals surface area (Å²) in [6.45, 7) is 0.838. The Morgan fingerprint density at radius 1 is 0.966 bits per heavy atom. The van der Waals surface area contributed by atoms with E-state index in [1.54, 1.807) is 30.7 Å². The molecule has 0 spiro atoms. The number of H-pyrrole nitrogens is 1. The topological polar surface area (TPSA) is 108 Å². The maximum atomic E-state index is 12.4. The van der Waals surface area contributed by atoms with E-state index in [4.69, 9.17) is 0 Å². The van der Waals surface area contributed by atoms with Crippen LogP contribution in [0.2, 0.25) is 0 Å². The molecule has 8 nitrogen and oxygen atoms in total. The SMILES string of the molecule is O=C(NCc1ccccn1)c1cccc(NCc2nc(-c3ccncc3)n[nH]2)c1. The van der Waals surface area contributed by atoms with Crippen molar-refractivity contribution in [2.45, 2.75) is 13.1 Å². The molecular weight excluding hydrogens is 366 g/mol. The number of anilines is 1. The highest BCUT2D eigenvalue weighted by Crippen LogP contribution is 2.14. The molecule has 4 aromatic rings. The summed E-state index contributed by atoms with van der Waals surface area (Å²) >= 11 is 0. The van der Waals surface area contributed by atoms with Gasteiger partial charge in [0.15, 0.2) is 5.82 Å². The summed E-state index contributed by atoms with van der Waals surface area (Å²) in [7, 11) is 0. The number of nitrogens with zero attached hydrogens (tertiary/aromatic N) is 4. The number of aromatic amines is 1. The molecule has 0 saturated heterocycles. The molecule has 3 heterocycles. The van der Waals surface area contributed by atoms with Gasteiger partial charge in [0, 0.05) is 35.4 Å². The third-order valence-corrected chi connectivity index (χ3v) is 4.21. The fourth-order valence-corrected chi connectivity index (χ4v) is 2.74. The van der Waals surface area contributed by atoms with Crippen LogP contribution in [-0.2, 0) is 13.1 Å². The number of carbonyl (C=O) groups excluding carboxylic acids is 1. The van der Waals surface area contributed by atoms with E-state index in [-0.39, 0.29) is 5.91 Å². The van der Waals surface area contributed by atoms with E-state index in [2.05, 4.69) is 35.8 Å². The van der Waals surface area contributed by atoms with Crippen LogP contribution < -0.4 is 10.6 Å². The molecular formula is C21H19N7O. The van der Waals surface area contributed by atoms with Gasteiger partial charge in [-0.25, -0.2) is 4.98 Å². The van der Waals surface area contributed by atoms with Gasteiger partial charge in [-0.05, 0) is 42.5 Å². The summed E-state index contributed by atoms with van der Waals surface area (Å²) in [5, 5.41) is 13.3. The molecule has 1 aromatic carbocycles. The summed E-state index contributed by atoms with van der Waals surface area (Å²) in [5.41, 5.74) is 3.10. The third-order valence-electron chi connectivity index (χ3n) is 4.21. The fourth-order valence-electron chi connectivity index (χ4n) is 2.74. The first-order valence-corrected chi connectivity index (χ1v) is 9.12. The molecule has 0 aliphatic carbocycles. The second kappa shape index (κ2) is 8.75. The van der Waals surface area contributed by atoms with Crippen LogP contribution in [0.1, 0.15) is 21.9 Å². The van der Waals surface area contributed by atoms with Crippen molar-refractivity contribution in [2.75, 3.05) is 5.32 Å². The van der Waals surface area contributed by atoms with Gasteiger partial charge >= 0.3 is 0 Å². The van der Waals surface area contributed by atoms with Gasteiger partial charge in [0.05, 0.1) is 18.8 Å². The Morgan fingerprint density at radius 2 is 1.86 bits per heavy atom. The Hall–Kier alpha value is -4.07. The molecule has 8 heteroatoms. The van der Waals surface area contributed by atoms with Gasteiger partial charge in [-0.2, -0.15) is 5.10 Å². The van der Waals surface area contributed by atoms with Crippen molar-refractivity contribution in [1.29, 1.82) is 0 Å². The van der Waals surface area contributed by atoms with E-state index in [1.165, 1.54) is 0 Å². The molecule has 1 amide bonds. The third kappa shape index (κ3) is 4.81. The van der Waals surface area contributed by atoms with Crippen LogP contribution >= 0.6 is 0 Å². The predicted octanol–water partition coefficient (Wildman–Crippen LogP) is 2.80. The van der Waals surface area contributed by atoms with Crippen molar-refractivity contribution in [2.24, 2.45) is 0 Å². The number of hydrogen-bond acceptors (Lipinski definition) is 6. The van der Waals surface area contributed by atoms with Gasteiger partial charge in [-0.1, -0.05) is 12.1 Å². The summed E-state index contributed by atoms with van der Waals surface area (Å²) in [4.78, 5) is 25.1. The number of benzene rings is 1. The lowest BCUT2D eigenvalue weighted by atomic mass is 10.2. The van der Waals surface area contributed by atoms with E-state index >= 15 is 0 Å². The largest absolute Gasteiger partial charge is 0.378 e. The van der Waals surface area contributed by atoms with Gasteiger partial charge in [-0.15, -0.1) is 0 Å². The lowest BCUT2D eigenvalue weighted by Crippen LogP contribution is -2.23. The Bertz CT molecular complexity index is 1080. The minimum atomic E-state index is -0.154. The van der Waals surface area contributed by atoms with Gasteiger partial charge < -0.3 is 10.6 Å². The molecule has 29 heavy (non-hydrogen) atoms. The Kier molecular flexibility index (Phi) is 5.52. The number of amides is 1. The van der Waals surface area contributed by atoms with Crippen molar-refractivity contribution in [1.82, 2.24) is 30.5 Å². The highest BCUT2D eigenvalue weighted by molar-refractivity contribution is 5.95. The van der Waals surface area contributed by atoms with E-state index in [0.717, 1.165) is 16.9 Å². The van der Waals surface area contributed by atoms with E-state index in [0.29, 0.717) is 30.3 Å². The van der Waals surface area contributed by atoms with Crippen LogP contribution in [0, 0.1) is 0 Å². The first-order valence-electron chi connectivity index (χ1n) is 9.12. The summed E-state index contributed by atoms with van der Waals surface area (Å²) in [6, 6.07) is 16.6. The van der Waals surface area contributed by atoms with Gasteiger partial charge in [0.2, 0.25) is 0 Å². The molecule has 0 saturated carbocycles. The lowest BCUT2D eigenvalue weighted by Gasteiger charge is -2.08. The molecule has 0 radical (unpaired) electrons. The predicted molar refractivity (Wildman–Crippen MR) is 109 cm³/mol. The van der Waals surface area contributed by atoms with Crippen LogP contribution in [-0.4, -0.2) is 31.1 Å². The van der Waals surface area contributed by atoms with Crippen molar-refractivity contribution in [3.8, 4) is 11.4 Å². The van der Waals surface area contributed by atoms with Crippen LogP contribution in [0.4, 0.5) is 5.69 Å². The number of hydrogen-bond donors (Lipinski definition) is 3. The number of nitrogens with one attached hydrogen (secondary N) is 3. The van der Waals surface area contributed by atoms with Crippen LogP contribution in [0.25, 0.3) is 11.4 Å². The number of pyridine rings is 2. The van der Waals surface area contributed by atoms with Gasteiger partial charge in [0.1, 0.15) is 5.82 Å². The average Bonchev–Trinajstić information content (AvgIpc) is 3.27. The highest BCUT2D eigenvalue weighted by atomic mass is 16.1.